The van der Waals surface area contributed by atoms with Crippen LogP contribution in [0.4, 0.5) is 0 Å². The van der Waals surface area contributed by atoms with Crippen LogP contribution in [0.3, 0.4) is 0 Å². The molecule has 1 aromatic heterocycles. The van der Waals surface area contributed by atoms with Crippen molar-refractivity contribution < 1.29 is 4.74 Å². The largest absolute Gasteiger partial charge is 0.496 e. The zero-order chi connectivity index (χ0) is 15.2. The van der Waals surface area contributed by atoms with Gasteiger partial charge in [-0.05, 0) is 56.0 Å². The summed E-state index contributed by atoms with van der Waals surface area (Å²) in [5, 5.41) is 0. The lowest BCUT2D eigenvalue weighted by molar-refractivity contribution is 0.394. The van der Waals surface area contributed by atoms with Crippen molar-refractivity contribution in [2.24, 2.45) is 5.84 Å². The van der Waals surface area contributed by atoms with Crippen LogP contribution in [-0.2, 0) is 6.42 Å². The van der Waals surface area contributed by atoms with Crippen LogP contribution < -0.4 is 16.0 Å². The van der Waals surface area contributed by atoms with Gasteiger partial charge in [0.1, 0.15) is 5.75 Å². The Kier molecular flexibility index (Phi) is 5.31. The van der Waals surface area contributed by atoms with Crippen LogP contribution in [0, 0.1) is 13.8 Å². The summed E-state index contributed by atoms with van der Waals surface area (Å²) in [6, 6.07) is 10.2. The second-order valence-corrected chi connectivity index (χ2v) is 5.28. The Morgan fingerprint density at radius 1 is 1.29 bits per heavy atom. The van der Waals surface area contributed by atoms with E-state index in [1.807, 2.05) is 30.5 Å². The van der Waals surface area contributed by atoms with Crippen LogP contribution in [0.2, 0.25) is 0 Å². The topological polar surface area (TPSA) is 60.2 Å². The summed E-state index contributed by atoms with van der Waals surface area (Å²) in [5.74, 6) is 6.66. The molecule has 112 valence electrons. The van der Waals surface area contributed by atoms with Gasteiger partial charge < -0.3 is 4.74 Å². The molecule has 21 heavy (non-hydrogen) atoms. The smallest absolute Gasteiger partial charge is 0.124 e. The van der Waals surface area contributed by atoms with Crippen LogP contribution >= 0.6 is 0 Å². The zero-order valence-corrected chi connectivity index (χ0v) is 12.9. The number of aromatic nitrogens is 1. The summed E-state index contributed by atoms with van der Waals surface area (Å²) in [6.45, 7) is 4.16. The molecule has 4 heteroatoms. The van der Waals surface area contributed by atoms with E-state index < -0.39 is 0 Å². The molecule has 0 radical (unpaired) electrons. The molecular weight excluding hydrogens is 262 g/mol. The van der Waals surface area contributed by atoms with E-state index in [9.17, 15) is 0 Å². The molecule has 0 spiro atoms. The minimum atomic E-state index is 0.0440. The summed E-state index contributed by atoms with van der Waals surface area (Å²) in [4.78, 5) is 4.36. The highest BCUT2D eigenvalue weighted by Gasteiger charge is 2.18. The van der Waals surface area contributed by atoms with Crippen LogP contribution in [-0.4, -0.2) is 12.1 Å². The first-order valence-electron chi connectivity index (χ1n) is 7.17. The monoisotopic (exact) mass is 285 g/mol. The average molecular weight is 285 g/mol. The zero-order valence-electron chi connectivity index (χ0n) is 12.9. The van der Waals surface area contributed by atoms with Crippen molar-refractivity contribution in [1.29, 1.82) is 0 Å². The Bertz CT molecular complexity index is 584. The number of aryl methyl sites for hydroxylation is 3. The van der Waals surface area contributed by atoms with Crippen molar-refractivity contribution in [3.8, 4) is 5.75 Å². The Morgan fingerprint density at radius 2 is 2.10 bits per heavy atom. The molecule has 2 rings (SSSR count). The van der Waals surface area contributed by atoms with Crippen LogP contribution in [0.25, 0.3) is 0 Å². The first kappa shape index (κ1) is 15.5. The molecule has 4 nitrogen and oxygen atoms in total. The lowest BCUT2D eigenvalue weighted by Crippen LogP contribution is -2.29. The minimum Gasteiger partial charge on any atom is -0.496 e. The van der Waals surface area contributed by atoms with Crippen molar-refractivity contribution in [2.45, 2.75) is 32.7 Å². The summed E-state index contributed by atoms with van der Waals surface area (Å²) in [7, 11) is 1.70. The number of hydrogen-bond acceptors (Lipinski definition) is 4. The van der Waals surface area contributed by atoms with E-state index in [0.29, 0.717) is 0 Å². The second-order valence-electron chi connectivity index (χ2n) is 5.28. The third-order valence-corrected chi connectivity index (χ3v) is 3.68. The first-order valence-corrected chi connectivity index (χ1v) is 7.17. The highest BCUT2D eigenvalue weighted by Crippen LogP contribution is 2.32. The fourth-order valence-electron chi connectivity index (χ4n) is 2.70. The molecule has 2 aromatic rings. The summed E-state index contributed by atoms with van der Waals surface area (Å²) < 4.78 is 5.53. The molecule has 0 saturated heterocycles. The second kappa shape index (κ2) is 7.20. The van der Waals surface area contributed by atoms with E-state index in [1.54, 1.807) is 7.11 Å². The number of ether oxygens (including phenoxy) is 1. The van der Waals surface area contributed by atoms with Crippen molar-refractivity contribution in [2.75, 3.05) is 7.11 Å². The molecule has 1 aromatic carbocycles. The predicted molar refractivity (Wildman–Crippen MR) is 85.1 cm³/mol. The average Bonchev–Trinajstić information content (AvgIpc) is 2.50. The number of rotatable bonds is 6. The molecule has 0 aliphatic carbocycles. The Labute approximate surface area is 126 Å². The molecule has 0 saturated carbocycles. The molecule has 0 aliphatic rings. The van der Waals surface area contributed by atoms with Gasteiger partial charge in [-0.15, -0.1) is 0 Å². The molecule has 1 atom stereocenters. The number of nitrogens with one attached hydrogen (secondary N) is 1. The van der Waals surface area contributed by atoms with Gasteiger partial charge >= 0.3 is 0 Å². The van der Waals surface area contributed by atoms with Gasteiger partial charge in [0, 0.05) is 17.5 Å². The standard InChI is InChI=1S/C17H23N3O/c1-12-10-13(2)17(16(11-12)21-3)15(20-18)8-7-14-6-4-5-9-19-14/h4-6,9-11,15,20H,7-8,18H2,1-3H3. The molecule has 0 amide bonds. The van der Waals surface area contributed by atoms with E-state index in [4.69, 9.17) is 10.6 Å². The lowest BCUT2D eigenvalue weighted by atomic mass is 9.94. The minimum absolute atomic E-state index is 0.0440. The van der Waals surface area contributed by atoms with Crippen molar-refractivity contribution >= 4 is 0 Å². The van der Waals surface area contributed by atoms with Gasteiger partial charge in [-0.25, -0.2) is 0 Å². The number of pyridine rings is 1. The fourth-order valence-corrected chi connectivity index (χ4v) is 2.70. The summed E-state index contributed by atoms with van der Waals surface area (Å²) in [6.07, 6.45) is 3.55. The number of methoxy groups -OCH3 is 1. The third kappa shape index (κ3) is 3.80. The van der Waals surface area contributed by atoms with Crippen molar-refractivity contribution in [3.63, 3.8) is 0 Å². The predicted octanol–water partition coefficient (Wildman–Crippen LogP) is 2.84. The third-order valence-electron chi connectivity index (χ3n) is 3.68. The highest BCUT2D eigenvalue weighted by atomic mass is 16.5. The molecule has 0 aliphatic heterocycles. The molecule has 0 bridgehead atoms. The van der Waals surface area contributed by atoms with Gasteiger partial charge in [0.15, 0.2) is 0 Å². The van der Waals surface area contributed by atoms with E-state index in [-0.39, 0.29) is 6.04 Å². The maximum atomic E-state index is 5.77. The van der Waals surface area contributed by atoms with E-state index in [1.165, 1.54) is 11.1 Å². The van der Waals surface area contributed by atoms with Crippen LogP contribution in [0.5, 0.6) is 5.75 Å². The number of hydrazine groups is 1. The Balaban J connectivity index is 2.21. The van der Waals surface area contributed by atoms with E-state index in [2.05, 4.69) is 30.3 Å². The SMILES string of the molecule is COc1cc(C)cc(C)c1C(CCc1ccccn1)NN. The number of benzene rings is 1. The van der Waals surface area contributed by atoms with E-state index in [0.717, 1.165) is 29.8 Å². The number of nitrogens with two attached hydrogens (primary N) is 1. The number of nitrogens with zero attached hydrogens (tertiary/aromatic N) is 1. The summed E-state index contributed by atoms with van der Waals surface area (Å²) >= 11 is 0. The van der Waals surface area contributed by atoms with Gasteiger partial charge in [0.25, 0.3) is 0 Å². The van der Waals surface area contributed by atoms with Crippen LogP contribution in [0.1, 0.15) is 34.8 Å². The maximum Gasteiger partial charge on any atom is 0.124 e. The van der Waals surface area contributed by atoms with Gasteiger partial charge in [0.2, 0.25) is 0 Å². The Hall–Kier alpha value is -1.91. The lowest BCUT2D eigenvalue weighted by Gasteiger charge is -2.22. The van der Waals surface area contributed by atoms with Crippen molar-refractivity contribution in [3.05, 3.63) is 58.9 Å². The van der Waals surface area contributed by atoms with Gasteiger partial charge in [-0.3, -0.25) is 16.3 Å². The first-order chi connectivity index (χ1) is 10.2. The van der Waals surface area contributed by atoms with Gasteiger partial charge in [-0.1, -0.05) is 12.1 Å². The normalized spacial score (nSPS) is 12.2. The van der Waals surface area contributed by atoms with E-state index >= 15 is 0 Å². The molecule has 1 unspecified atom stereocenters. The molecule has 3 N–H and O–H groups in total. The Morgan fingerprint density at radius 3 is 2.71 bits per heavy atom. The maximum absolute atomic E-state index is 5.77. The quantitative estimate of drug-likeness (QED) is 0.633. The van der Waals surface area contributed by atoms with Gasteiger partial charge in [0.05, 0.1) is 13.2 Å². The van der Waals surface area contributed by atoms with Crippen LogP contribution in [0.15, 0.2) is 36.5 Å². The molecule has 0 fully saturated rings. The van der Waals surface area contributed by atoms with Crippen molar-refractivity contribution in [1.82, 2.24) is 10.4 Å². The molecular formula is C17H23N3O. The summed E-state index contributed by atoms with van der Waals surface area (Å²) in [5.41, 5.74) is 7.49. The molecule has 1 heterocycles. The fraction of sp³-hybridized carbons (Fsp3) is 0.353. The highest BCUT2D eigenvalue weighted by molar-refractivity contribution is 5.45. The van der Waals surface area contributed by atoms with Gasteiger partial charge in [-0.2, -0.15) is 0 Å². The number of hydrogen-bond donors (Lipinski definition) is 2.